The maximum absolute atomic E-state index is 14.3. The molecule has 0 spiro atoms. The Morgan fingerprint density at radius 2 is 1.60 bits per heavy atom. The van der Waals surface area contributed by atoms with Gasteiger partial charge in [-0.15, -0.1) is 8.78 Å². The van der Waals surface area contributed by atoms with Crippen molar-refractivity contribution in [1.82, 2.24) is 0 Å². The first kappa shape index (κ1) is 29.8. The van der Waals surface area contributed by atoms with Crippen molar-refractivity contribution in [2.45, 2.75) is 57.0 Å². The van der Waals surface area contributed by atoms with E-state index in [0.717, 1.165) is 37.8 Å². The number of carbonyl (C=O) groups is 2. The number of carbonyl (C=O) groups excluding carboxylic acids is 2. The number of anilines is 2. The maximum atomic E-state index is 14.3. The summed E-state index contributed by atoms with van der Waals surface area (Å²) in [6.07, 6.45) is -3.14. The Balaban J connectivity index is 1.41. The molecule has 3 aromatic rings. The third-order valence-corrected chi connectivity index (χ3v) is 7.32. The summed E-state index contributed by atoms with van der Waals surface area (Å²) in [7, 11) is 0. The number of amides is 3. The van der Waals surface area contributed by atoms with E-state index < -0.39 is 35.7 Å². The number of alkyl halides is 4. The number of rotatable bonds is 6. The SMILES string of the molecule is NC(N)=NC(=O)c1ccc(CN(C(=O)Nc2ccc3c(c2)C(F)(F)OC(F)(F)O3)c2ccc(C3CCCCC3)cc2)cc1. The van der Waals surface area contributed by atoms with Gasteiger partial charge < -0.3 is 21.5 Å². The van der Waals surface area contributed by atoms with Crippen LogP contribution in [0, 0.1) is 0 Å². The Morgan fingerprint density at radius 3 is 2.26 bits per heavy atom. The molecule has 0 atom stereocenters. The Labute approximate surface area is 244 Å². The van der Waals surface area contributed by atoms with Crippen LogP contribution in [0.15, 0.2) is 71.7 Å². The number of nitrogens with one attached hydrogen (secondary N) is 1. The third-order valence-electron chi connectivity index (χ3n) is 7.32. The smallest absolute Gasteiger partial charge is 0.409 e. The number of hydrogen-bond acceptors (Lipinski definition) is 4. The van der Waals surface area contributed by atoms with Crippen molar-refractivity contribution in [3.8, 4) is 5.75 Å². The monoisotopic (exact) mass is 599 g/mol. The summed E-state index contributed by atoms with van der Waals surface area (Å²) < 4.78 is 63.2. The lowest BCUT2D eigenvalue weighted by Crippen LogP contribution is -2.41. The van der Waals surface area contributed by atoms with Crippen molar-refractivity contribution in [2.24, 2.45) is 16.5 Å². The molecule has 9 nitrogen and oxygen atoms in total. The number of aliphatic imine (C=N–C) groups is 1. The second kappa shape index (κ2) is 11.9. The van der Waals surface area contributed by atoms with E-state index in [2.05, 4.69) is 19.8 Å². The first-order chi connectivity index (χ1) is 20.4. The van der Waals surface area contributed by atoms with E-state index in [0.29, 0.717) is 17.2 Å². The van der Waals surface area contributed by atoms with Crippen LogP contribution in [0.5, 0.6) is 5.75 Å². The van der Waals surface area contributed by atoms with Gasteiger partial charge in [-0.3, -0.25) is 9.69 Å². The Morgan fingerprint density at radius 1 is 0.930 bits per heavy atom. The normalized spacial score (nSPS) is 17.2. The topological polar surface area (TPSA) is 132 Å². The van der Waals surface area contributed by atoms with Crippen molar-refractivity contribution < 1.29 is 36.6 Å². The molecule has 1 aliphatic heterocycles. The van der Waals surface area contributed by atoms with Gasteiger partial charge in [-0.25, -0.2) is 9.53 Å². The molecule has 0 bridgehead atoms. The van der Waals surface area contributed by atoms with Gasteiger partial charge in [-0.1, -0.05) is 43.5 Å². The first-order valence-corrected chi connectivity index (χ1v) is 13.6. The average Bonchev–Trinajstić information content (AvgIpc) is 2.96. The highest BCUT2D eigenvalue weighted by Crippen LogP contribution is 2.47. The lowest BCUT2D eigenvalue weighted by molar-refractivity contribution is -0.461. The number of fused-ring (bicyclic) bond motifs is 1. The van der Waals surface area contributed by atoms with E-state index in [9.17, 15) is 27.2 Å². The molecule has 2 aliphatic rings. The summed E-state index contributed by atoms with van der Waals surface area (Å²) in [6, 6.07) is 16.0. The van der Waals surface area contributed by atoms with Gasteiger partial charge in [-0.05, 0) is 72.4 Å². The predicted octanol–water partition coefficient (Wildman–Crippen LogP) is 6.40. The number of urea groups is 1. The summed E-state index contributed by atoms with van der Waals surface area (Å²) in [5.41, 5.74) is 12.1. The molecule has 43 heavy (non-hydrogen) atoms. The molecule has 3 amide bonds. The van der Waals surface area contributed by atoms with Crippen molar-refractivity contribution >= 4 is 29.3 Å². The lowest BCUT2D eigenvalue weighted by atomic mass is 9.84. The lowest BCUT2D eigenvalue weighted by Gasteiger charge is -2.31. The molecule has 1 fully saturated rings. The van der Waals surface area contributed by atoms with Gasteiger partial charge in [0.25, 0.3) is 5.91 Å². The van der Waals surface area contributed by atoms with Crippen LogP contribution in [0.25, 0.3) is 0 Å². The zero-order valence-electron chi connectivity index (χ0n) is 22.9. The fourth-order valence-electron chi connectivity index (χ4n) is 5.23. The van der Waals surface area contributed by atoms with Crippen LogP contribution in [0.3, 0.4) is 0 Å². The summed E-state index contributed by atoms with van der Waals surface area (Å²) in [5, 5.41) is 2.55. The molecule has 1 heterocycles. The van der Waals surface area contributed by atoms with Crippen LogP contribution in [0.4, 0.5) is 33.7 Å². The maximum Gasteiger partial charge on any atom is 0.540 e. The zero-order chi connectivity index (χ0) is 30.8. The van der Waals surface area contributed by atoms with Crippen molar-refractivity contribution in [1.29, 1.82) is 0 Å². The molecule has 3 aromatic carbocycles. The second-order valence-corrected chi connectivity index (χ2v) is 10.4. The van der Waals surface area contributed by atoms with E-state index in [4.69, 9.17) is 11.5 Å². The van der Waals surface area contributed by atoms with Crippen LogP contribution in [0.1, 0.15) is 65.1 Å². The van der Waals surface area contributed by atoms with Gasteiger partial charge in [0, 0.05) is 16.9 Å². The number of halogens is 4. The number of hydrogen-bond donors (Lipinski definition) is 3. The van der Waals surface area contributed by atoms with Gasteiger partial charge >= 0.3 is 18.4 Å². The van der Waals surface area contributed by atoms with Crippen LogP contribution >= 0.6 is 0 Å². The number of nitrogens with two attached hydrogens (primary N) is 2. The minimum absolute atomic E-state index is 0.0327. The molecule has 226 valence electrons. The first-order valence-electron chi connectivity index (χ1n) is 13.6. The fourth-order valence-corrected chi connectivity index (χ4v) is 5.23. The van der Waals surface area contributed by atoms with Gasteiger partial charge in [0.2, 0.25) is 0 Å². The summed E-state index contributed by atoms with van der Waals surface area (Å²) >= 11 is 0. The van der Waals surface area contributed by atoms with E-state index >= 15 is 0 Å². The van der Waals surface area contributed by atoms with Gasteiger partial charge in [0.1, 0.15) is 5.75 Å². The summed E-state index contributed by atoms with van der Waals surface area (Å²) in [6.45, 7) is 0.0327. The Hall–Kier alpha value is -4.65. The summed E-state index contributed by atoms with van der Waals surface area (Å²) in [4.78, 5) is 30.6. The molecule has 0 unspecified atom stereocenters. The molecule has 0 radical (unpaired) electrons. The second-order valence-electron chi connectivity index (χ2n) is 10.4. The minimum atomic E-state index is -4.51. The van der Waals surface area contributed by atoms with Gasteiger partial charge in [-0.2, -0.15) is 13.8 Å². The number of benzene rings is 3. The highest BCUT2D eigenvalue weighted by atomic mass is 19.3. The van der Waals surface area contributed by atoms with Crippen molar-refractivity contribution in [3.05, 3.63) is 89.0 Å². The highest BCUT2D eigenvalue weighted by Gasteiger charge is 2.54. The zero-order valence-corrected chi connectivity index (χ0v) is 22.9. The molecule has 13 heteroatoms. The quantitative estimate of drug-likeness (QED) is 0.171. The summed E-state index contributed by atoms with van der Waals surface area (Å²) in [5.74, 6) is -1.34. The molecule has 1 saturated carbocycles. The molecular formula is C30H29F4N5O4. The molecular weight excluding hydrogens is 570 g/mol. The predicted molar refractivity (Wildman–Crippen MR) is 151 cm³/mol. The Kier molecular flexibility index (Phi) is 8.27. The largest absolute Gasteiger partial charge is 0.540 e. The van der Waals surface area contributed by atoms with E-state index in [-0.39, 0.29) is 23.8 Å². The standard InChI is InChI=1S/C30H29F4N5O4/c31-29(32)24-16-22(12-15-25(24)42-30(33,34)43-29)37-28(41)39(17-18-6-8-21(9-7-18)26(40)38-27(35)36)23-13-10-20(11-14-23)19-4-2-1-3-5-19/h6-16,19H,1-5,17H2,(H,37,41)(H4,35,36,38,40). The van der Waals surface area contributed by atoms with Gasteiger partial charge in [0.15, 0.2) is 5.96 Å². The van der Waals surface area contributed by atoms with Gasteiger partial charge in [0.05, 0.1) is 12.1 Å². The minimum Gasteiger partial charge on any atom is -0.409 e. The van der Waals surface area contributed by atoms with E-state index in [1.807, 2.05) is 24.3 Å². The van der Waals surface area contributed by atoms with E-state index in [1.165, 1.54) is 35.1 Å². The van der Waals surface area contributed by atoms with Crippen LogP contribution in [-0.2, 0) is 17.4 Å². The molecule has 1 aliphatic carbocycles. The molecule has 0 aromatic heterocycles. The van der Waals surface area contributed by atoms with Crippen LogP contribution in [0.2, 0.25) is 0 Å². The molecule has 5 N–H and O–H groups in total. The Bertz CT molecular complexity index is 1520. The number of nitrogens with zero attached hydrogens (tertiary/aromatic N) is 2. The fraction of sp³-hybridized carbons (Fsp3) is 0.300. The van der Waals surface area contributed by atoms with Crippen LogP contribution < -0.4 is 26.4 Å². The average molecular weight is 600 g/mol. The van der Waals surface area contributed by atoms with Crippen molar-refractivity contribution in [3.63, 3.8) is 0 Å². The highest BCUT2D eigenvalue weighted by molar-refractivity contribution is 6.02. The van der Waals surface area contributed by atoms with Crippen molar-refractivity contribution in [2.75, 3.05) is 10.2 Å². The number of ether oxygens (including phenoxy) is 2. The van der Waals surface area contributed by atoms with E-state index in [1.54, 1.807) is 12.1 Å². The number of guanidine groups is 1. The molecule has 5 rings (SSSR count). The van der Waals surface area contributed by atoms with Crippen LogP contribution in [-0.4, -0.2) is 24.2 Å². The molecule has 0 saturated heterocycles. The third kappa shape index (κ3) is 7.05.